The molecular formula is C15H22N2O3. The second kappa shape index (κ2) is 4.58. The highest BCUT2D eigenvalue weighted by Crippen LogP contribution is 2.48. The van der Waals surface area contributed by atoms with Crippen molar-refractivity contribution in [1.29, 1.82) is 0 Å². The average molecular weight is 278 g/mol. The van der Waals surface area contributed by atoms with E-state index in [1.54, 1.807) is 6.92 Å². The maximum Gasteiger partial charge on any atom is 0.336 e. The van der Waals surface area contributed by atoms with Gasteiger partial charge in [-0.3, -0.25) is 4.79 Å². The predicted octanol–water partition coefficient (Wildman–Crippen LogP) is 1.33. The van der Waals surface area contributed by atoms with E-state index in [4.69, 9.17) is 10.5 Å². The molecule has 0 radical (unpaired) electrons. The Morgan fingerprint density at radius 3 is 2.50 bits per heavy atom. The summed E-state index contributed by atoms with van der Waals surface area (Å²) < 4.78 is 5.05. The van der Waals surface area contributed by atoms with Crippen molar-refractivity contribution < 1.29 is 14.3 Å². The maximum atomic E-state index is 12.9. The Morgan fingerprint density at radius 1 is 1.30 bits per heavy atom. The maximum absolute atomic E-state index is 12.9. The number of esters is 1. The molecule has 1 saturated heterocycles. The van der Waals surface area contributed by atoms with Crippen LogP contribution in [0.1, 0.15) is 46.0 Å². The molecule has 5 heteroatoms. The molecule has 3 rings (SSSR count). The lowest BCUT2D eigenvalue weighted by molar-refractivity contribution is -0.138. The van der Waals surface area contributed by atoms with E-state index < -0.39 is 0 Å². The van der Waals surface area contributed by atoms with Crippen LogP contribution in [-0.2, 0) is 14.3 Å². The number of carbonyl (C=O) groups is 2. The summed E-state index contributed by atoms with van der Waals surface area (Å²) in [6.07, 6.45) is 4.44. The van der Waals surface area contributed by atoms with Crippen LogP contribution in [0.15, 0.2) is 11.3 Å². The highest BCUT2D eigenvalue weighted by molar-refractivity contribution is 5.94. The molecule has 1 atom stereocenters. The Morgan fingerprint density at radius 2 is 1.95 bits per heavy atom. The molecule has 2 heterocycles. The van der Waals surface area contributed by atoms with Crippen molar-refractivity contribution in [3.8, 4) is 0 Å². The lowest BCUT2D eigenvalue weighted by Crippen LogP contribution is -2.40. The number of rotatable bonds is 1. The quantitative estimate of drug-likeness (QED) is 0.734. The van der Waals surface area contributed by atoms with Crippen LogP contribution in [0.5, 0.6) is 0 Å². The Bertz CT molecular complexity index is 489. The molecule has 5 nitrogen and oxygen atoms in total. The predicted molar refractivity (Wildman–Crippen MR) is 73.5 cm³/mol. The van der Waals surface area contributed by atoms with Crippen LogP contribution in [0.2, 0.25) is 0 Å². The van der Waals surface area contributed by atoms with Gasteiger partial charge in [-0.05, 0) is 46.0 Å². The van der Waals surface area contributed by atoms with Crippen LogP contribution in [-0.4, -0.2) is 35.5 Å². The average Bonchev–Trinajstić information content (AvgIpc) is 2.85. The highest BCUT2D eigenvalue weighted by Gasteiger charge is 2.52. The van der Waals surface area contributed by atoms with Gasteiger partial charge in [0.25, 0.3) is 0 Å². The minimum atomic E-state index is -0.299. The first-order chi connectivity index (χ1) is 9.44. The largest absolute Gasteiger partial charge is 0.456 e. The molecule has 0 aromatic heterocycles. The standard InChI is InChI=1S/C15H22N2O3/c1-9-7-15(5-3-11(16)4-6-15)14(19)17(9)12-8-20-13(18)10(12)2/h9,11H,3-8,16H2,1-2H3. The first-order valence-electron chi connectivity index (χ1n) is 7.41. The van der Waals surface area contributed by atoms with Gasteiger partial charge in [-0.25, -0.2) is 4.79 Å². The number of cyclic esters (lactones) is 1. The van der Waals surface area contributed by atoms with E-state index in [0.717, 1.165) is 37.8 Å². The van der Waals surface area contributed by atoms with Crippen LogP contribution in [0, 0.1) is 5.41 Å². The summed E-state index contributed by atoms with van der Waals surface area (Å²) in [6, 6.07) is 0.367. The molecule has 0 aromatic rings. The first-order valence-corrected chi connectivity index (χ1v) is 7.41. The number of ether oxygens (including phenoxy) is 1. The van der Waals surface area contributed by atoms with E-state index in [2.05, 4.69) is 6.92 Å². The zero-order valence-corrected chi connectivity index (χ0v) is 12.1. The molecule has 2 N–H and O–H groups in total. The topological polar surface area (TPSA) is 72.6 Å². The number of amides is 1. The van der Waals surface area contributed by atoms with E-state index in [1.165, 1.54) is 0 Å². The molecule has 3 aliphatic rings. The summed E-state index contributed by atoms with van der Waals surface area (Å²) in [5.74, 6) is -0.129. The molecule has 1 amide bonds. The van der Waals surface area contributed by atoms with Crippen molar-refractivity contribution in [2.24, 2.45) is 11.1 Å². The van der Waals surface area contributed by atoms with Gasteiger partial charge in [-0.15, -0.1) is 0 Å². The van der Waals surface area contributed by atoms with Gasteiger partial charge < -0.3 is 15.4 Å². The second-order valence-corrected chi connectivity index (χ2v) is 6.49. The van der Waals surface area contributed by atoms with Crippen LogP contribution in [0.25, 0.3) is 0 Å². The van der Waals surface area contributed by atoms with Gasteiger partial charge in [0.2, 0.25) is 5.91 Å². The molecule has 0 bridgehead atoms. The summed E-state index contributed by atoms with van der Waals surface area (Å²) in [4.78, 5) is 26.3. The summed E-state index contributed by atoms with van der Waals surface area (Å²) in [5.41, 5.74) is 7.05. The molecule has 110 valence electrons. The molecule has 1 saturated carbocycles. The van der Waals surface area contributed by atoms with E-state index in [9.17, 15) is 9.59 Å². The van der Waals surface area contributed by atoms with Gasteiger partial charge in [0, 0.05) is 12.1 Å². The molecular weight excluding hydrogens is 256 g/mol. The lowest BCUT2D eigenvalue weighted by Gasteiger charge is -2.34. The number of carbonyl (C=O) groups excluding carboxylic acids is 2. The van der Waals surface area contributed by atoms with Crippen LogP contribution >= 0.6 is 0 Å². The van der Waals surface area contributed by atoms with Crippen LogP contribution in [0.4, 0.5) is 0 Å². The smallest absolute Gasteiger partial charge is 0.336 e. The highest BCUT2D eigenvalue weighted by atomic mass is 16.5. The van der Waals surface area contributed by atoms with Crippen molar-refractivity contribution in [3.05, 3.63) is 11.3 Å². The Balaban J connectivity index is 1.88. The normalized spacial score (nSPS) is 38.0. The Labute approximate surface area is 119 Å². The summed E-state index contributed by atoms with van der Waals surface area (Å²) in [7, 11) is 0. The van der Waals surface area contributed by atoms with Gasteiger partial charge in [0.05, 0.1) is 16.7 Å². The van der Waals surface area contributed by atoms with Crippen molar-refractivity contribution in [2.75, 3.05) is 6.61 Å². The van der Waals surface area contributed by atoms with Crippen molar-refractivity contribution in [3.63, 3.8) is 0 Å². The fourth-order valence-electron chi connectivity index (χ4n) is 3.92. The fourth-order valence-corrected chi connectivity index (χ4v) is 3.92. The van der Waals surface area contributed by atoms with E-state index in [1.807, 2.05) is 4.90 Å². The van der Waals surface area contributed by atoms with Gasteiger partial charge in [0.15, 0.2) is 0 Å². The first kappa shape index (κ1) is 13.6. The van der Waals surface area contributed by atoms with Gasteiger partial charge in [-0.1, -0.05) is 0 Å². The molecule has 20 heavy (non-hydrogen) atoms. The fraction of sp³-hybridized carbons (Fsp3) is 0.733. The monoisotopic (exact) mass is 278 g/mol. The zero-order chi connectivity index (χ0) is 14.5. The number of nitrogens with zero attached hydrogens (tertiary/aromatic N) is 1. The third-order valence-corrected chi connectivity index (χ3v) is 5.16. The molecule has 1 unspecified atom stereocenters. The second-order valence-electron chi connectivity index (χ2n) is 6.49. The summed E-state index contributed by atoms with van der Waals surface area (Å²) in [6.45, 7) is 4.03. The van der Waals surface area contributed by atoms with Crippen molar-refractivity contribution in [1.82, 2.24) is 4.90 Å². The molecule has 2 fully saturated rings. The van der Waals surface area contributed by atoms with E-state index in [0.29, 0.717) is 5.57 Å². The van der Waals surface area contributed by atoms with Gasteiger partial charge >= 0.3 is 5.97 Å². The number of hydrogen-bond acceptors (Lipinski definition) is 4. The third kappa shape index (κ3) is 1.87. The third-order valence-electron chi connectivity index (χ3n) is 5.16. The van der Waals surface area contributed by atoms with Gasteiger partial charge in [-0.2, -0.15) is 0 Å². The molecule has 1 spiro atoms. The number of likely N-dealkylation sites (tertiary alicyclic amines) is 1. The molecule has 1 aliphatic carbocycles. The Hall–Kier alpha value is -1.36. The van der Waals surface area contributed by atoms with E-state index >= 15 is 0 Å². The van der Waals surface area contributed by atoms with Crippen LogP contribution in [0.3, 0.4) is 0 Å². The summed E-state index contributed by atoms with van der Waals surface area (Å²) in [5, 5.41) is 0. The minimum absolute atomic E-state index is 0.135. The van der Waals surface area contributed by atoms with Crippen molar-refractivity contribution >= 4 is 11.9 Å². The Kier molecular flexibility index (Phi) is 3.12. The number of nitrogens with two attached hydrogens (primary N) is 1. The van der Waals surface area contributed by atoms with Crippen molar-refractivity contribution in [2.45, 2.75) is 58.0 Å². The SMILES string of the molecule is CC1=C(N2C(=O)C3(CCC(N)CC3)CC2C)COC1=O. The van der Waals surface area contributed by atoms with E-state index in [-0.39, 0.29) is 36.0 Å². The van der Waals surface area contributed by atoms with Crippen LogP contribution < -0.4 is 5.73 Å². The van der Waals surface area contributed by atoms with Gasteiger partial charge in [0.1, 0.15) is 6.61 Å². The molecule has 2 aliphatic heterocycles. The molecule has 0 aromatic carbocycles. The minimum Gasteiger partial charge on any atom is -0.456 e. The summed E-state index contributed by atoms with van der Waals surface area (Å²) >= 11 is 0. The zero-order valence-electron chi connectivity index (χ0n) is 12.1. The lowest BCUT2D eigenvalue weighted by atomic mass is 9.71. The number of hydrogen-bond donors (Lipinski definition) is 1.